The average molecular weight is 377 g/mol. The predicted molar refractivity (Wildman–Crippen MR) is 92.9 cm³/mol. The van der Waals surface area contributed by atoms with Crippen LogP contribution in [0, 0.1) is 5.92 Å². The third-order valence-electron chi connectivity index (χ3n) is 6.08. The minimum atomic E-state index is -0.885. The third kappa shape index (κ3) is 2.47. The van der Waals surface area contributed by atoms with Crippen molar-refractivity contribution in [2.45, 2.75) is 62.3 Å². The molecule has 0 spiro atoms. The number of aliphatic hydroxyl groups excluding tert-OH is 1. The fourth-order valence-electron chi connectivity index (χ4n) is 4.69. The van der Waals surface area contributed by atoms with Crippen molar-refractivity contribution < 1.29 is 24.1 Å². The lowest BCUT2D eigenvalue weighted by molar-refractivity contribution is -0.0710. The largest absolute Gasteiger partial charge is 0.509 e. The van der Waals surface area contributed by atoms with Crippen molar-refractivity contribution in [1.82, 2.24) is 9.55 Å². The van der Waals surface area contributed by atoms with Crippen LogP contribution in [0.3, 0.4) is 0 Å². The van der Waals surface area contributed by atoms with Crippen molar-refractivity contribution >= 4 is 18.3 Å². The first kappa shape index (κ1) is 17.0. The number of hydrogen-bond acceptors (Lipinski definition) is 9. The molecule has 3 unspecified atom stereocenters. The highest BCUT2D eigenvalue weighted by Crippen LogP contribution is 2.45. The topological polar surface area (TPSA) is 133 Å². The highest BCUT2D eigenvalue weighted by molar-refractivity contribution is 5.79. The van der Waals surface area contributed by atoms with Gasteiger partial charge in [0.25, 0.3) is 0 Å². The van der Waals surface area contributed by atoms with Crippen molar-refractivity contribution in [2.75, 3.05) is 11.9 Å². The Morgan fingerprint density at radius 3 is 2.85 bits per heavy atom. The van der Waals surface area contributed by atoms with Gasteiger partial charge in [-0.15, -0.1) is 0 Å². The average Bonchev–Trinajstić information content (AvgIpc) is 3.36. The van der Waals surface area contributed by atoms with Crippen molar-refractivity contribution in [3.63, 3.8) is 0 Å². The maximum Gasteiger partial charge on any atom is 0.509 e. The number of aromatic nitrogens is 2. The second kappa shape index (κ2) is 6.18. The molecule has 4 N–H and O–H groups in total. The number of imidazole rings is 1. The van der Waals surface area contributed by atoms with Crippen LogP contribution < -0.4 is 11.1 Å². The predicted octanol–water partition coefficient (Wildman–Crippen LogP) is 0.822. The highest BCUT2D eigenvalue weighted by Gasteiger charge is 2.56. The molecule has 5 rings (SSSR count). The zero-order valence-electron chi connectivity index (χ0n) is 14.8. The molecule has 1 aromatic rings. The van der Waals surface area contributed by atoms with E-state index >= 15 is 0 Å². The Balaban J connectivity index is 1.49. The molecule has 3 aliphatic heterocycles. The molecule has 1 saturated carbocycles. The second-order valence-corrected chi connectivity index (χ2v) is 7.57. The molecule has 0 amide bonds. The summed E-state index contributed by atoms with van der Waals surface area (Å²) < 4.78 is 18.1. The van der Waals surface area contributed by atoms with E-state index in [0.717, 1.165) is 25.7 Å². The molecule has 5 atom stereocenters. The Morgan fingerprint density at radius 2 is 2.07 bits per heavy atom. The van der Waals surface area contributed by atoms with Crippen molar-refractivity contribution in [2.24, 2.45) is 16.6 Å². The molecule has 0 bridgehead atoms. The number of carbonyl (C=O) groups excluding carboxylic acids is 1. The summed E-state index contributed by atoms with van der Waals surface area (Å²) in [5.41, 5.74) is 6.51. The number of rotatable bonds is 3. The lowest BCUT2D eigenvalue weighted by Gasteiger charge is -2.37. The summed E-state index contributed by atoms with van der Waals surface area (Å²) in [6, 6.07) is 0. The number of hydrogen-bond donors (Lipinski definition) is 3. The van der Waals surface area contributed by atoms with Gasteiger partial charge >= 0.3 is 6.16 Å². The lowest BCUT2D eigenvalue weighted by atomic mass is 9.78. The minimum Gasteiger partial charge on any atom is -0.424 e. The van der Waals surface area contributed by atoms with Crippen LogP contribution in [0.25, 0.3) is 0 Å². The van der Waals surface area contributed by atoms with E-state index in [9.17, 15) is 9.90 Å². The van der Waals surface area contributed by atoms with Crippen LogP contribution in [0.1, 0.15) is 44.0 Å². The number of nitrogens with two attached hydrogens (primary N) is 1. The molecule has 1 aromatic heterocycles. The van der Waals surface area contributed by atoms with E-state index in [2.05, 4.69) is 15.3 Å². The molecule has 4 aliphatic rings. The summed E-state index contributed by atoms with van der Waals surface area (Å²) in [6.45, 7) is -0.275. The Hall–Kier alpha value is -2.17. The molecule has 10 nitrogen and oxygen atoms in total. The maximum absolute atomic E-state index is 11.6. The van der Waals surface area contributed by atoms with Gasteiger partial charge in [-0.2, -0.15) is 0 Å². The van der Waals surface area contributed by atoms with Crippen molar-refractivity contribution in [1.29, 1.82) is 0 Å². The minimum absolute atomic E-state index is 0.224. The molecule has 146 valence electrons. The third-order valence-corrected chi connectivity index (χ3v) is 6.08. The molecule has 4 heterocycles. The summed E-state index contributed by atoms with van der Waals surface area (Å²) in [7, 11) is 0. The van der Waals surface area contributed by atoms with E-state index in [1.54, 1.807) is 17.2 Å². The normalized spacial score (nSPS) is 38.1. The van der Waals surface area contributed by atoms with Gasteiger partial charge in [0, 0.05) is 5.92 Å². The van der Waals surface area contributed by atoms with Crippen molar-refractivity contribution in [3.8, 4) is 0 Å². The van der Waals surface area contributed by atoms with Gasteiger partial charge in [-0.3, -0.25) is 4.57 Å². The number of anilines is 1. The first-order valence-corrected chi connectivity index (χ1v) is 9.42. The molecule has 0 aromatic carbocycles. The van der Waals surface area contributed by atoms with E-state index in [4.69, 9.17) is 19.9 Å². The zero-order valence-corrected chi connectivity index (χ0v) is 14.8. The number of fused-ring (bicyclic) bond motifs is 2. The monoisotopic (exact) mass is 377 g/mol. The van der Waals surface area contributed by atoms with E-state index in [0.29, 0.717) is 11.5 Å². The van der Waals surface area contributed by atoms with E-state index in [1.807, 2.05) is 0 Å². The highest BCUT2D eigenvalue weighted by atomic mass is 16.8. The standard InChI is InChI=1S/C17H23N5O5/c18-17(9-4-2-1-3-5-9)13-14(19-7-21-17)22(8-20-13)15-12-11(10(6-23)25-15)26-16(24)27-12/h7-12,15,23H,1-6,18H2,(H,19,21)/t10-,11?,12?,15-,17?/m1/s1. The number of aliphatic hydroxyl groups is 1. The molecule has 3 fully saturated rings. The van der Waals surface area contributed by atoms with Crippen LogP contribution in [-0.2, 0) is 19.9 Å². The van der Waals surface area contributed by atoms with Gasteiger partial charge in [0.15, 0.2) is 24.1 Å². The summed E-state index contributed by atoms with van der Waals surface area (Å²) in [6.07, 6.45) is 5.39. The van der Waals surface area contributed by atoms with E-state index in [-0.39, 0.29) is 12.5 Å². The van der Waals surface area contributed by atoms with Crippen LogP contribution in [-0.4, -0.2) is 52.1 Å². The summed E-state index contributed by atoms with van der Waals surface area (Å²) in [4.78, 5) is 20.7. The summed E-state index contributed by atoms with van der Waals surface area (Å²) in [5, 5.41) is 12.7. The van der Waals surface area contributed by atoms with Gasteiger partial charge in [0.1, 0.15) is 17.6 Å². The van der Waals surface area contributed by atoms with Gasteiger partial charge in [0.2, 0.25) is 0 Å². The molecule has 0 radical (unpaired) electrons. The molecule has 10 heteroatoms. The summed E-state index contributed by atoms with van der Waals surface area (Å²) in [5.74, 6) is 0.894. The Bertz CT molecular complexity index is 776. The Morgan fingerprint density at radius 1 is 1.30 bits per heavy atom. The fourth-order valence-corrected chi connectivity index (χ4v) is 4.69. The summed E-state index contributed by atoms with van der Waals surface area (Å²) >= 11 is 0. The number of nitrogens with zero attached hydrogens (tertiary/aromatic N) is 3. The quantitative estimate of drug-likeness (QED) is 0.660. The number of carbonyl (C=O) groups is 1. The zero-order chi connectivity index (χ0) is 18.6. The number of aliphatic imine (C=N–C) groups is 1. The fraction of sp³-hybridized carbons (Fsp3) is 0.706. The van der Waals surface area contributed by atoms with Gasteiger partial charge in [-0.05, 0) is 12.8 Å². The smallest absolute Gasteiger partial charge is 0.424 e. The Kier molecular flexibility index (Phi) is 3.88. The van der Waals surface area contributed by atoms with Crippen LogP contribution in [0.4, 0.5) is 10.6 Å². The van der Waals surface area contributed by atoms with Gasteiger partial charge in [-0.25, -0.2) is 14.8 Å². The van der Waals surface area contributed by atoms with E-state index < -0.39 is 36.4 Å². The molecule has 2 saturated heterocycles. The van der Waals surface area contributed by atoms with E-state index in [1.165, 1.54) is 6.42 Å². The SMILES string of the molecule is NC1(C2CCCCC2)N=CNc2c1ncn2[C@@H]1O[C@H](CO)C2OC(=O)OC21. The van der Waals surface area contributed by atoms with Gasteiger partial charge in [-0.1, -0.05) is 19.3 Å². The molecule has 27 heavy (non-hydrogen) atoms. The van der Waals surface area contributed by atoms with Crippen LogP contribution >= 0.6 is 0 Å². The lowest BCUT2D eigenvalue weighted by Crippen LogP contribution is -2.46. The van der Waals surface area contributed by atoms with Crippen LogP contribution in [0.2, 0.25) is 0 Å². The first-order chi connectivity index (χ1) is 13.1. The Labute approximate surface area is 155 Å². The molecular weight excluding hydrogens is 354 g/mol. The number of ether oxygens (including phenoxy) is 3. The first-order valence-electron chi connectivity index (χ1n) is 9.42. The maximum atomic E-state index is 11.6. The molecule has 1 aliphatic carbocycles. The van der Waals surface area contributed by atoms with Gasteiger partial charge < -0.3 is 30.4 Å². The van der Waals surface area contributed by atoms with Crippen LogP contribution in [0.15, 0.2) is 11.3 Å². The number of nitrogens with one attached hydrogen (secondary N) is 1. The van der Waals surface area contributed by atoms with Gasteiger partial charge in [0.05, 0.1) is 19.3 Å². The second-order valence-electron chi connectivity index (χ2n) is 7.57. The molecular formula is C17H23N5O5. The van der Waals surface area contributed by atoms with Crippen molar-refractivity contribution in [3.05, 3.63) is 12.0 Å². The van der Waals surface area contributed by atoms with Crippen LogP contribution in [0.5, 0.6) is 0 Å².